The summed E-state index contributed by atoms with van der Waals surface area (Å²) in [6.45, 7) is 0.383. The fourth-order valence-electron chi connectivity index (χ4n) is 2.16. The molecule has 0 radical (unpaired) electrons. The highest BCUT2D eigenvalue weighted by atomic mass is 32.2. The van der Waals surface area contributed by atoms with Crippen molar-refractivity contribution in [3.8, 4) is 0 Å². The molecular formula is C10H15N3O4S2. The molecule has 0 aliphatic heterocycles. The number of hydrogen-bond acceptors (Lipinski definition) is 6. The van der Waals surface area contributed by atoms with Gasteiger partial charge in [0.15, 0.2) is 5.00 Å². The summed E-state index contributed by atoms with van der Waals surface area (Å²) in [5.74, 6) is 0.363. The molecular weight excluding hydrogens is 290 g/mol. The zero-order valence-electron chi connectivity index (χ0n) is 10.2. The maximum Gasteiger partial charge on any atom is 0.304 e. The molecule has 1 aromatic heterocycles. The van der Waals surface area contributed by atoms with Gasteiger partial charge in [-0.05, 0) is 18.8 Å². The van der Waals surface area contributed by atoms with Crippen LogP contribution in [0.3, 0.4) is 0 Å². The number of rotatable bonds is 5. The number of nitro groups is 1. The Kier molecular flexibility index (Phi) is 4.07. The molecule has 106 valence electrons. The van der Waals surface area contributed by atoms with Gasteiger partial charge in [0.05, 0.1) is 4.92 Å². The van der Waals surface area contributed by atoms with Crippen LogP contribution in [0.1, 0.15) is 25.7 Å². The van der Waals surface area contributed by atoms with Gasteiger partial charge in [-0.2, -0.15) is 0 Å². The number of hydrogen-bond donors (Lipinski definition) is 2. The average Bonchev–Trinajstić information content (AvgIpc) is 2.95. The molecule has 3 N–H and O–H groups in total. The predicted octanol–water partition coefficient (Wildman–Crippen LogP) is 1.71. The van der Waals surface area contributed by atoms with Gasteiger partial charge >= 0.3 is 5.69 Å². The van der Waals surface area contributed by atoms with Gasteiger partial charge in [0.2, 0.25) is 10.0 Å². The number of nitrogen functional groups attached to an aromatic ring is 1. The standard InChI is InChI=1S/C10H15N3O4S2/c11-10-8(13(14)15)5-9(18-10)19(16,17)12-6-7-3-1-2-4-7/h5,7,12H,1-4,6,11H2. The molecule has 1 heterocycles. The Morgan fingerprint density at radius 1 is 1.47 bits per heavy atom. The van der Waals surface area contributed by atoms with E-state index in [0.717, 1.165) is 43.1 Å². The molecule has 0 atom stereocenters. The van der Waals surface area contributed by atoms with Crippen molar-refractivity contribution in [3.63, 3.8) is 0 Å². The highest BCUT2D eigenvalue weighted by Gasteiger charge is 2.26. The van der Waals surface area contributed by atoms with E-state index >= 15 is 0 Å². The van der Waals surface area contributed by atoms with Crippen LogP contribution in [-0.4, -0.2) is 19.9 Å². The molecule has 0 unspecified atom stereocenters. The van der Waals surface area contributed by atoms with E-state index in [2.05, 4.69) is 4.72 Å². The van der Waals surface area contributed by atoms with E-state index in [4.69, 9.17) is 5.73 Å². The van der Waals surface area contributed by atoms with Crippen molar-refractivity contribution in [2.75, 3.05) is 12.3 Å². The summed E-state index contributed by atoms with van der Waals surface area (Å²) in [5.41, 5.74) is 5.09. The van der Waals surface area contributed by atoms with Gasteiger partial charge in [-0.3, -0.25) is 10.1 Å². The summed E-state index contributed by atoms with van der Waals surface area (Å²) in [6.07, 6.45) is 4.30. The summed E-state index contributed by atoms with van der Waals surface area (Å²) in [6, 6.07) is 1.01. The fraction of sp³-hybridized carbons (Fsp3) is 0.600. The molecule has 7 nitrogen and oxygen atoms in total. The third kappa shape index (κ3) is 3.23. The first-order valence-electron chi connectivity index (χ1n) is 5.93. The van der Waals surface area contributed by atoms with Crippen molar-refractivity contribution in [2.24, 2.45) is 5.92 Å². The highest BCUT2D eigenvalue weighted by Crippen LogP contribution is 2.34. The molecule has 1 saturated carbocycles. The molecule has 2 rings (SSSR count). The minimum atomic E-state index is -3.70. The molecule has 9 heteroatoms. The molecule has 0 aromatic carbocycles. The van der Waals surface area contributed by atoms with Crippen molar-refractivity contribution in [3.05, 3.63) is 16.2 Å². The lowest BCUT2D eigenvalue weighted by Crippen LogP contribution is -2.27. The number of nitrogens with one attached hydrogen (secondary N) is 1. The molecule has 0 bridgehead atoms. The van der Waals surface area contributed by atoms with Gasteiger partial charge in [-0.1, -0.05) is 24.2 Å². The lowest BCUT2D eigenvalue weighted by Gasteiger charge is -2.09. The Morgan fingerprint density at radius 3 is 2.63 bits per heavy atom. The summed E-state index contributed by atoms with van der Waals surface area (Å²) in [7, 11) is -3.70. The van der Waals surface area contributed by atoms with E-state index in [1.807, 2.05) is 0 Å². The van der Waals surface area contributed by atoms with Gasteiger partial charge in [-0.25, -0.2) is 13.1 Å². The van der Waals surface area contributed by atoms with Crippen molar-refractivity contribution in [2.45, 2.75) is 29.9 Å². The predicted molar refractivity (Wildman–Crippen MR) is 72.5 cm³/mol. The van der Waals surface area contributed by atoms with Crippen LogP contribution in [0.2, 0.25) is 0 Å². The first-order chi connectivity index (χ1) is 8.90. The number of sulfonamides is 1. The summed E-state index contributed by atoms with van der Waals surface area (Å²) < 4.78 is 26.4. The van der Waals surface area contributed by atoms with Crippen LogP contribution in [-0.2, 0) is 10.0 Å². The summed E-state index contributed by atoms with van der Waals surface area (Å²) in [5, 5.41) is 10.6. The first kappa shape index (κ1) is 14.2. The van der Waals surface area contributed by atoms with Gasteiger partial charge in [-0.15, -0.1) is 0 Å². The van der Waals surface area contributed by atoms with E-state index in [1.165, 1.54) is 0 Å². The van der Waals surface area contributed by atoms with Crippen LogP contribution < -0.4 is 10.5 Å². The molecule has 1 aromatic rings. The lowest BCUT2D eigenvalue weighted by molar-refractivity contribution is -0.383. The lowest BCUT2D eigenvalue weighted by atomic mass is 10.1. The van der Waals surface area contributed by atoms with Gasteiger partial charge in [0, 0.05) is 12.6 Å². The monoisotopic (exact) mass is 305 g/mol. The normalized spacial score (nSPS) is 16.8. The molecule has 19 heavy (non-hydrogen) atoms. The Balaban J connectivity index is 2.10. The fourth-order valence-corrected chi connectivity index (χ4v) is 4.54. The van der Waals surface area contributed by atoms with E-state index < -0.39 is 14.9 Å². The van der Waals surface area contributed by atoms with Crippen LogP contribution in [0.4, 0.5) is 10.7 Å². The van der Waals surface area contributed by atoms with E-state index in [1.54, 1.807) is 0 Å². The molecule has 0 amide bonds. The van der Waals surface area contributed by atoms with Crippen molar-refractivity contribution in [1.29, 1.82) is 0 Å². The Bertz CT molecular complexity index is 576. The quantitative estimate of drug-likeness (QED) is 0.634. The number of nitrogens with two attached hydrogens (primary N) is 1. The Hall–Kier alpha value is -1.19. The van der Waals surface area contributed by atoms with Gasteiger partial charge < -0.3 is 5.73 Å². The second-order valence-electron chi connectivity index (χ2n) is 4.57. The topological polar surface area (TPSA) is 115 Å². The molecule has 1 aliphatic carbocycles. The minimum Gasteiger partial charge on any atom is -0.385 e. The van der Waals surface area contributed by atoms with Crippen molar-refractivity contribution in [1.82, 2.24) is 4.72 Å². The SMILES string of the molecule is Nc1sc(S(=O)(=O)NCC2CCCC2)cc1[N+](=O)[O-]. The van der Waals surface area contributed by atoms with Gasteiger partial charge in [0.25, 0.3) is 0 Å². The minimum absolute atomic E-state index is 0.0914. The average molecular weight is 305 g/mol. The van der Waals surface area contributed by atoms with E-state index in [0.29, 0.717) is 12.5 Å². The Morgan fingerprint density at radius 2 is 2.11 bits per heavy atom. The Labute approximate surface area is 115 Å². The van der Waals surface area contributed by atoms with Crippen molar-refractivity contribution < 1.29 is 13.3 Å². The molecule has 0 spiro atoms. The molecule has 1 aliphatic rings. The highest BCUT2D eigenvalue weighted by molar-refractivity contribution is 7.91. The summed E-state index contributed by atoms with van der Waals surface area (Å²) >= 11 is 0.718. The van der Waals surface area contributed by atoms with Crippen LogP contribution in [0.25, 0.3) is 0 Å². The van der Waals surface area contributed by atoms with Crippen molar-refractivity contribution >= 4 is 32.0 Å². The zero-order chi connectivity index (χ0) is 14.0. The van der Waals surface area contributed by atoms with E-state index in [9.17, 15) is 18.5 Å². The third-order valence-electron chi connectivity index (χ3n) is 3.22. The molecule has 0 saturated heterocycles. The van der Waals surface area contributed by atoms with Crippen LogP contribution in [0.5, 0.6) is 0 Å². The smallest absolute Gasteiger partial charge is 0.304 e. The van der Waals surface area contributed by atoms with Gasteiger partial charge in [0.1, 0.15) is 4.21 Å². The zero-order valence-corrected chi connectivity index (χ0v) is 11.8. The van der Waals surface area contributed by atoms with E-state index in [-0.39, 0.29) is 14.9 Å². The number of nitrogens with zero attached hydrogens (tertiary/aromatic N) is 1. The van der Waals surface area contributed by atoms with Crippen LogP contribution in [0.15, 0.2) is 10.3 Å². The summed E-state index contributed by atoms with van der Waals surface area (Å²) in [4.78, 5) is 9.97. The first-order valence-corrected chi connectivity index (χ1v) is 8.23. The van der Waals surface area contributed by atoms with Crippen LogP contribution in [0, 0.1) is 16.0 Å². The van der Waals surface area contributed by atoms with Crippen LogP contribution >= 0.6 is 11.3 Å². The molecule has 1 fully saturated rings. The number of thiophene rings is 1. The number of anilines is 1. The second-order valence-corrected chi connectivity index (χ2v) is 7.65. The maximum atomic E-state index is 12.0. The largest absolute Gasteiger partial charge is 0.385 e. The third-order valence-corrected chi connectivity index (χ3v) is 6.07. The second kappa shape index (κ2) is 5.43. The maximum absolute atomic E-state index is 12.0.